The Bertz CT molecular complexity index is 642. The molecule has 0 radical (unpaired) electrons. The Hall–Kier alpha value is -1.82. The second-order valence-electron chi connectivity index (χ2n) is 5.75. The van der Waals surface area contributed by atoms with Crippen LogP contribution in [0.3, 0.4) is 0 Å². The summed E-state index contributed by atoms with van der Waals surface area (Å²) in [7, 11) is 0. The molecule has 0 bridgehead atoms. The van der Waals surface area contributed by atoms with Crippen LogP contribution in [0.25, 0.3) is 16.3 Å². The van der Waals surface area contributed by atoms with E-state index in [4.69, 9.17) is 0 Å². The molecule has 0 unspecified atom stereocenters. The standard InChI is InChI=1S/C18H18.CH4/c1-18(2)11-9-15(10-12-18)17-8-7-14-5-3-4-6-16(14)13-17;/h3-11,13H,12H2,1-2H3;1H4. The van der Waals surface area contributed by atoms with Crippen LogP contribution < -0.4 is 0 Å². The Balaban J connectivity index is 0.00000133. The van der Waals surface area contributed by atoms with Gasteiger partial charge in [0.1, 0.15) is 0 Å². The van der Waals surface area contributed by atoms with Crippen molar-refractivity contribution in [2.24, 2.45) is 5.41 Å². The molecule has 98 valence electrons. The molecule has 0 saturated carbocycles. The number of rotatable bonds is 1. The first-order valence-electron chi connectivity index (χ1n) is 6.53. The third-order valence-corrected chi connectivity index (χ3v) is 3.64. The van der Waals surface area contributed by atoms with E-state index in [0.29, 0.717) is 5.41 Å². The lowest BCUT2D eigenvalue weighted by atomic mass is 9.82. The zero-order valence-electron chi connectivity index (χ0n) is 11.0. The van der Waals surface area contributed by atoms with E-state index >= 15 is 0 Å². The summed E-state index contributed by atoms with van der Waals surface area (Å²) in [5.74, 6) is 0. The summed E-state index contributed by atoms with van der Waals surface area (Å²) < 4.78 is 0. The molecule has 0 fully saturated rings. The van der Waals surface area contributed by atoms with Crippen LogP contribution in [-0.4, -0.2) is 0 Å². The molecule has 0 saturated heterocycles. The Labute approximate surface area is 116 Å². The maximum absolute atomic E-state index is 2.35. The molecule has 0 heteroatoms. The molecule has 2 aromatic rings. The fourth-order valence-corrected chi connectivity index (χ4v) is 2.41. The van der Waals surface area contributed by atoms with Gasteiger partial charge in [-0.15, -0.1) is 0 Å². The van der Waals surface area contributed by atoms with Crippen LogP contribution in [-0.2, 0) is 0 Å². The van der Waals surface area contributed by atoms with Crippen LogP contribution in [0.5, 0.6) is 0 Å². The largest absolute Gasteiger partial charge is 0.0779 e. The first-order chi connectivity index (χ1) is 8.64. The number of hydrogen-bond acceptors (Lipinski definition) is 0. The van der Waals surface area contributed by atoms with Gasteiger partial charge in [-0.1, -0.05) is 75.9 Å². The topological polar surface area (TPSA) is 0 Å². The summed E-state index contributed by atoms with van der Waals surface area (Å²) in [6.45, 7) is 4.55. The van der Waals surface area contributed by atoms with Gasteiger partial charge < -0.3 is 0 Å². The third kappa shape index (κ3) is 2.78. The molecule has 0 amide bonds. The van der Waals surface area contributed by atoms with Crippen molar-refractivity contribution >= 4 is 16.3 Å². The minimum atomic E-state index is 0. The number of hydrogen-bond donors (Lipinski definition) is 0. The molecule has 0 N–H and O–H groups in total. The van der Waals surface area contributed by atoms with Gasteiger partial charge in [0, 0.05) is 0 Å². The predicted octanol–water partition coefficient (Wildman–Crippen LogP) is 5.85. The second kappa shape index (κ2) is 5.05. The van der Waals surface area contributed by atoms with Crippen LogP contribution in [0, 0.1) is 5.41 Å². The molecule has 1 aliphatic carbocycles. The van der Waals surface area contributed by atoms with Gasteiger partial charge in [0.15, 0.2) is 0 Å². The summed E-state index contributed by atoms with van der Waals surface area (Å²) in [6.07, 6.45) is 8.04. The van der Waals surface area contributed by atoms with Gasteiger partial charge in [-0.2, -0.15) is 0 Å². The fourth-order valence-electron chi connectivity index (χ4n) is 2.41. The summed E-state index contributed by atoms with van der Waals surface area (Å²) in [6, 6.07) is 15.2. The van der Waals surface area contributed by atoms with Crippen molar-refractivity contribution in [3.8, 4) is 0 Å². The van der Waals surface area contributed by atoms with Crippen molar-refractivity contribution in [3.63, 3.8) is 0 Å². The smallest absolute Gasteiger partial charge is 0.0137 e. The quantitative estimate of drug-likeness (QED) is 0.596. The zero-order valence-corrected chi connectivity index (χ0v) is 11.0. The fraction of sp³-hybridized carbons (Fsp3) is 0.263. The van der Waals surface area contributed by atoms with Crippen molar-refractivity contribution in [3.05, 3.63) is 66.3 Å². The minimum absolute atomic E-state index is 0. The maximum Gasteiger partial charge on any atom is -0.0137 e. The van der Waals surface area contributed by atoms with E-state index in [1.807, 2.05) is 0 Å². The van der Waals surface area contributed by atoms with E-state index in [-0.39, 0.29) is 7.43 Å². The second-order valence-corrected chi connectivity index (χ2v) is 5.75. The Kier molecular flexibility index (Phi) is 3.61. The predicted molar refractivity (Wildman–Crippen MR) is 86.2 cm³/mol. The Morgan fingerprint density at radius 1 is 0.947 bits per heavy atom. The number of fused-ring (bicyclic) bond motifs is 1. The van der Waals surface area contributed by atoms with Gasteiger partial charge in [0.2, 0.25) is 0 Å². The maximum atomic E-state index is 2.35. The molecule has 0 atom stereocenters. The Morgan fingerprint density at radius 2 is 1.68 bits per heavy atom. The first-order valence-corrected chi connectivity index (χ1v) is 6.53. The third-order valence-electron chi connectivity index (χ3n) is 3.64. The van der Waals surface area contributed by atoms with Gasteiger partial charge >= 0.3 is 0 Å². The van der Waals surface area contributed by atoms with Crippen molar-refractivity contribution < 1.29 is 0 Å². The lowest BCUT2D eigenvalue weighted by molar-refractivity contribution is 0.485. The first kappa shape index (κ1) is 13.6. The van der Waals surface area contributed by atoms with Gasteiger partial charge in [-0.25, -0.2) is 0 Å². The highest BCUT2D eigenvalue weighted by Crippen LogP contribution is 2.32. The molecule has 19 heavy (non-hydrogen) atoms. The molecule has 0 heterocycles. The van der Waals surface area contributed by atoms with E-state index in [1.165, 1.54) is 21.9 Å². The molecule has 1 aliphatic rings. The molecule has 0 nitrogen and oxygen atoms in total. The number of allylic oxidation sites excluding steroid dienone is 4. The van der Waals surface area contributed by atoms with Crippen LogP contribution in [0.4, 0.5) is 0 Å². The molecular weight excluding hydrogens is 228 g/mol. The molecule has 0 spiro atoms. The SMILES string of the molecule is C.CC1(C)C=CC(c2ccc3ccccc3c2)=CC1. The van der Waals surface area contributed by atoms with Crippen molar-refractivity contribution in [1.82, 2.24) is 0 Å². The van der Waals surface area contributed by atoms with Crippen LogP contribution in [0.2, 0.25) is 0 Å². The van der Waals surface area contributed by atoms with E-state index in [9.17, 15) is 0 Å². The highest BCUT2D eigenvalue weighted by Gasteiger charge is 2.16. The summed E-state index contributed by atoms with van der Waals surface area (Å²) in [5, 5.41) is 2.62. The number of benzene rings is 2. The lowest BCUT2D eigenvalue weighted by Crippen LogP contribution is -2.08. The van der Waals surface area contributed by atoms with Crippen molar-refractivity contribution in [1.29, 1.82) is 0 Å². The van der Waals surface area contributed by atoms with Crippen molar-refractivity contribution in [2.45, 2.75) is 27.7 Å². The molecule has 0 aromatic heterocycles. The molecule has 3 rings (SSSR count). The van der Waals surface area contributed by atoms with E-state index in [2.05, 4.69) is 74.5 Å². The van der Waals surface area contributed by atoms with Gasteiger partial charge in [0.05, 0.1) is 0 Å². The average Bonchev–Trinajstić information content (AvgIpc) is 2.38. The average molecular weight is 250 g/mol. The summed E-state index contributed by atoms with van der Waals surface area (Å²) in [4.78, 5) is 0. The van der Waals surface area contributed by atoms with Gasteiger partial charge in [-0.3, -0.25) is 0 Å². The zero-order chi connectivity index (χ0) is 12.6. The highest BCUT2D eigenvalue weighted by atomic mass is 14.2. The van der Waals surface area contributed by atoms with Crippen LogP contribution in [0.15, 0.2) is 60.7 Å². The lowest BCUT2D eigenvalue weighted by Gasteiger charge is -2.22. The van der Waals surface area contributed by atoms with E-state index < -0.39 is 0 Å². The van der Waals surface area contributed by atoms with Gasteiger partial charge in [0.25, 0.3) is 0 Å². The van der Waals surface area contributed by atoms with Crippen LogP contribution in [0.1, 0.15) is 33.3 Å². The van der Waals surface area contributed by atoms with Gasteiger partial charge in [-0.05, 0) is 39.8 Å². The van der Waals surface area contributed by atoms with Crippen LogP contribution >= 0.6 is 0 Å². The van der Waals surface area contributed by atoms with Crippen molar-refractivity contribution in [2.75, 3.05) is 0 Å². The summed E-state index contributed by atoms with van der Waals surface area (Å²) >= 11 is 0. The molecule has 0 aliphatic heterocycles. The van der Waals surface area contributed by atoms with E-state index in [0.717, 1.165) is 6.42 Å². The molecule has 2 aromatic carbocycles. The molecular formula is C19H22. The normalized spacial score (nSPS) is 16.8. The van der Waals surface area contributed by atoms with E-state index in [1.54, 1.807) is 0 Å². The summed E-state index contributed by atoms with van der Waals surface area (Å²) in [5.41, 5.74) is 2.97. The highest BCUT2D eigenvalue weighted by molar-refractivity contribution is 5.88. The Morgan fingerprint density at radius 3 is 2.37 bits per heavy atom. The monoisotopic (exact) mass is 250 g/mol. The minimum Gasteiger partial charge on any atom is -0.0779 e.